The van der Waals surface area contributed by atoms with Crippen molar-refractivity contribution in [2.75, 3.05) is 18.5 Å². The van der Waals surface area contributed by atoms with E-state index in [4.69, 9.17) is 9.47 Å². The molecule has 3 rings (SSSR count). The highest BCUT2D eigenvalue weighted by Crippen LogP contribution is 2.44. The van der Waals surface area contributed by atoms with Crippen LogP contribution < -0.4 is 10.1 Å². The number of esters is 1. The summed E-state index contributed by atoms with van der Waals surface area (Å²) in [6.07, 6.45) is 4.69. The van der Waals surface area contributed by atoms with Crippen LogP contribution in [0.4, 0.5) is 5.00 Å². The molecule has 1 aliphatic carbocycles. The van der Waals surface area contributed by atoms with Gasteiger partial charge in [0.25, 0.3) is 0 Å². The van der Waals surface area contributed by atoms with Crippen LogP contribution in [0.1, 0.15) is 80.2 Å². The average Bonchev–Trinajstić information content (AvgIpc) is 3.14. The zero-order chi connectivity index (χ0) is 24.9. The predicted octanol–water partition coefficient (Wildman–Crippen LogP) is 7.20. The SMILES string of the molecule is CCOC(=O)c1c(NC(=O)CCCOc2ccc(CC)cc2Br)sc2c1CCC(C(C)(C)C)C2. The van der Waals surface area contributed by atoms with E-state index in [0.29, 0.717) is 42.5 Å². The van der Waals surface area contributed by atoms with E-state index in [1.54, 1.807) is 6.92 Å². The van der Waals surface area contributed by atoms with Gasteiger partial charge in [0.1, 0.15) is 10.8 Å². The lowest BCUT2D eigenvalue weighted by atomic mass is 9.72. The number of halogens is 1. The van der Waals surface area contributed by atoms with Crippen LogP contribution in [-0.4, -0.2) is 25.1 Å². The number of thiophene rings is 1. The molecule has 1 aromatic carbocycles. The fraction of sp³-hybridized carbons (Fsp3) is 0.556. The van der Waals surface area contributed by atoms with Gasteiger partial charge in [0.2, 0.25) is 5.91 Å². The molecule has 1 atom stereocenters. The summed E-state index contributed by atoms with van der Waals surface area (Å²) in [7, 11) is 0. The van der Waals surface area contributed by atoms with Crippen molar-refractivity contribution in [1.29, 1.82) is 0 Å². The van der Waals surface area contributed by atoms with E-state index in [0.717, 1.165) is 41.5 Å². The normalized spacial score (nSPS) is 15.5. The van der Waals surface area contributed by atoms with Crippen LogP contribution in [0.3, 0.4) is 0 Å². The molecular weight excluding hydrogens is 514 g/mol. The second kappa shape index (κ2) is 11.7. The van der Waals surface area contributed by atoms with Gasteiger partial charge in [0, 0.05) is 11.3 Å². The first-order valence-corrected chi connectivity index (χ1v) is 13.8. The van der Waals surface area contributed by atoms with Crippen LogP contribution in [0, 0.1) is 11.3 Å². The van der Waals surface area contributed by atoms with Crippen LogP contribution in [0.2, 0.25) is 0 Å². The number of aryl methyl sites for hydroxylation is 1. The molecular formula is C27H36BrNO4S. The highest BCUT2D eigenvalue weighted by Gasteiger charge is 2.34. The number of amides is 1. The third-order valence-electron chi connectivity index (χ3n) is 6.43. The lowest BCUT2D eigenvalue weighted by Crippen LogP contribution is -2.26. The Morgan fingerprint density at radius 3 is 2.65 bits per heavy atom. The summed E-state index contributed by atoms with van der Waals surface area (Å²) in [6.45, 7) is 11.5. The topological polar surface area (TPSA) is 64.6 Å². The molecule has 0 bridgehead atoms. The summed E-state index contributed by atoms with van der Waals surface area (Å²) in [5.74, 6) is 0.885. The van der Waals surface area contributed by atoms with Crippen LogP contribution in [0.15, 0.2) is 22.7 Å². The minimum atomic E-state index is -0.340. The third kappa shape index (κ3) is 6.63. The Balaban J connectivity index is 1.63. The molecule has 1 aliphatic rings. The van der Waals surface area contributed by atoms with Gasteiger partial charge in [0.15, 0.2) is 0 Å². The number of carbonyl (C=O) groups excluding carboxylic acids is 2. The van der Waals surface area contributed by atoms with Crippen molar-refractivity contribution in [2.24, 2.45) is 11.3 Å². The average molecular weight is 551 g/mol. The maximum Gasteiger partial charge on any atom is 0.341 e. The fourth-order valence-electron chi connectivity index (χ4n) is 4.32. The van der Waals surface area contributed by atoms with Gasteiger partial charge in [-0.1, -0.05) is 33.8 Å². The highest BCUT2D eigenvalue weighted by molar-refractivity contribution is 9.10. The van der Waals surface area contributed by atoms with Crippen molar-refractivity contribution in [2.45, 2.75) is 73.1 Å². The first-order valence-electron chi connectivity index (χ1n) is 12.2. The molecule has 1 amide bonds. The molecule has 1 N–H and O–H groups in total. The Kier molecular flexibility index (Phi) is 9.21. The quantitative estimate of drug-likeness (QED) is 0.265. The number of hydrogen-bond donors (Lipinski definition) is 1. The minimum absolute atomic E-state index is 0.111. The van der Waals surface area contributed by atoms with Gasteiger partial charge in [-0.15, -0.1) is 11.3 Å². The third-order valence-corrected chi connectivity index (χ3v) is 8.22. The van der Waals surface area contributed by atoms with E-state index in [1.807, 2.05) is 12.1 Å². The summed E-state index contributed by atoms with van der Waals surface area (Å²) >= 11 is 5.08. The highest BCUT2D eigenvalue weighted by atomic mass is 79.9. The molecule has 0 saturated heterocycles. The number of anilines is 1. The van der Waals surface area contributed by atoms with Gasteiger partial charge in [-0.05, 0) is 89.6 Å². The molecule has 0 fully saturated rings. The summed E-state index contributed by atoms with van der Waals surface area (Å²) in [4.78, 5) is 26.7. The first-order chi connectivity index (χ1) is 16.1. The Morgan fingerprint density at radius 2 is 2.00 bits per heavy atom. The molecule has 2 aromatic rings. The van der Waals surface area contributed by atoms with E-state index in [1.165, 1.54) is 21.8 Å². The number of ether oxygens (including phenoxy) is 2. The lowest BCUT2D eigenvalue weighted by molar-refractivity contribution is -0.116. The fourth-order valence-corrected chi connectivity index (χ4v) is 6.19. The molecule has 7 heteroatoms. The summed E-state index contributed by atoms with van der Waals surface area (Å²) in [5.41, 5.74) is 3.06. The number of carbonyl (C=O) groups is 2. The van der Waals surface area contributed by atoms with Crippen LogP contribution in [0.25, 0.3) is 0 Å². The van der Waals surface area contributed by atoms with Gasteiger partial charge < -0.3 is 14.8 Å². The predicted molar refractivity (Wildman–Crippen MR) is 142 cm³/mol. The largest absolute Gasteiger partial charge is 0.492 e. The van der Waals surface area contributed by atoms with E-state index >= 15 is 0 Å². The monoisotopic (exact) mass is 549 g/mol. The lowest BCUT2D eigenvalue weighted by Gasteiger charge is -2.33. The molecule has 34 heavy (non-hydrogen) atoms. The molecule has 186 valence electrons. The van der Waals surface area contributed by atoms with Gasteiger partial charge in [-0.3, -0.25) is 4.79 Å². The number of fused-ring (bicyclic) bond motifs is 1. The van der Waals surface area contributed by atoms with Crippen LogP contribution in [0.5, 0.6) is 5.75 Å². The van der Waals surface area contributed by atoms with Crippen molar-refractivity contribution < 1.29 is 19.1 Å². The molecule has 5 nitrogen and oxygen atoms in total. The number of hydrogen-bond acceptors (Lipinski definition) is 5. The van der Waals surface area contributed by atoms with Crippen molar-refractivity contribution in [3.63, 3.8) is 0 Å². The number of nitrogens with one attached hydrogen (secondary N) is 1. The van der Waals surface area contributed by atoms with Gasteiger partial charge >= 0.3 is 5.97 Å². The standard InChI is InChI=1S/C27H36BrNO4S/c1-6-17-10-13-21(20(28)15-17)33-14-8-9-23(30)29-25-24(26(31)32-7-2)19-12-11-18(27(3,4)5)16-22(19)34-25/h10,13,15,18H,6-9,11-12,14,16H2,1-5H3,(H,29,30). The van der Waals surface area contributed by atoms with Gasteiger partial charge in [-0.2, -0.15) is 0 Å². The molecule has 1 heterocycles. The van der Waals surface area contributed by atoms with E-state index in [2.05, 4.69) is 55.0 Å². The first kappa shape index (κ1) is 26.7. The van der Waals surface area contributed by atoms with Crippen LogP contribution >= 0.6 is 27.3 Å². The number of rotatable bonds is 9. The molecule has 0 saturated carbocycles. The second-order valence-electron chi connectivity index (χ2n) is 9.85. The maximum absolute atomic E-state index is 12.8. The Hall–Kier alpha value is -1.86. The smallest absolute Gasteiger partial charge is 0.341 e. The van der Waals surface area contributed by atoms with Gasteiger partial charge in [0.05, 0.1) is 23.2 Å². The minimum Gasteiger partial charge on any atom is -0.492 e. The molecule has 1 unspecified atom stereocenters. The Morgan fingerprint density at radius 1 is 1.24 bits per heavy atom. The zero-order valence-electron chi connectivity index (χ0n) is 20.9. The van der Waals surface area contributed by atoms with Crippen molar-refractivity contribution in [3.05, 3.63) is 44.2 Å². The Labute approximate surface area is 215 Å². The number of benzene rings is 1. The maximum atomic E-state index is 12.8. The van der Waals surface area contributed by atoms with Gasteiger partial charge in [-0.25, -0.2) is 4.79 Å². The van der Waals surface area contributed by atoms with Crippen LogP contribution in [-0.2, 0) is 28.8 Å². The second-order valence-corrected chi connectivity index (χ2v) is 11.8. The summed E-state index contributed by atoms with van der Waals surface area (Å²) in [5, 5.41) is 3.63. The van der Waals surface area contributed by atoms with E-state index in [9.17, 15) is 9.59 Å². The molecule has 0 spiro atoms. The molecule has 0 radical (unpaired) electrons. The molecule has 1 aromatic heterocycles. The Bertz CT molecular complexity index is 1020. The van der Waals surface area contributed by atoms with Crippen molar-refractivity contribution in [1.82, 2.24) is 0 Å². The van der Waals surface area contributed by atoms with Crippen molar-refractivity contribution in [3.8, 4) is 5.75 Å². The zero-order valence-corrected chi connectivity index (χ0v) is 23.3. The summed E-state index contributed by atoms with van der Waals surface area (Å²) in [6, 6.07) is 6.06. The van der Waals surface area contributed by atoms with E-state index < -0.39 is 0 Å². The van der Waals surface area contributed by atoms with E-state index in [-0.39, 0.29) is 17.3 Å². The van der Waals surface area contributed by atoms with Crippen molar-refractivity contribution >= 4 is 44.1 Å². The summed E-state index contributed by atoms with van der Waals surface area (Å²) < 4.78 is 12.1. The molecule has 0 aliphatic heterocycles.